The minimum Gasteiger partial charge on any atom is -0.294 e. The lowest BCUT2D eigenvalue weighted by Gasteiger charge is -2.15. The van der Waals surface area contributed by atoms with E-state index in [1.54, 1.807) is 18.2 Å². The van der Waals surface area contributed by atoms with E-state index >= 15 is 0 Å². The van der Waals surface area contributed by atoms with Gasteiger partial charge in [0.05, 0.1) is 5.69 Å². The number of nitrogens with zero attached hydrogens (tertiary/aromatic N) is 1. The summed E-state index contributed by atoms with van der Waals surface area (Å²) >= 11 is 0. The zero-order valence-electron chi connectivity index (χ0n) is 10.1. The minimum absolute atomic E-state index is 0.141. The van der Waals surface area contributed by atoms with Crippen LogP contribution in [0.15, 0.2) is 35.1 Å². The lowest BCUT2D eigenvalue weighted by atomic mass is 9.93. The van der Waals surface area contributed by atoms with Gasteiger partial charge < -0.3 is 0 Å². The summed E-state index contributed by atoms with van der Waals surface area (Å²) in [4.78, 5) is 11.8. The normalized spacial score (nSPS) is 11.8. The average molecular weight is 234 g/mol. The predicted molar refractivity (Wildman–Crippen MR) is 65.0 cm³/mol. The zero-order chi connectivity index (χ0) is 12.6. The molecule has 4 heteroatoms. The Balaban J connectivity index is 2.54. The van der Waals surface area contributed by atoms with Crippen LogP contribution in [-0.2, 0) is 5.41 Å². The summed E-state index contributed by atoms with van der Waals surface area (Å²) in [6, 6.07) is 7.49. The molecule has 1 heterocycles. The van der Waals surface area contributed by atoms with Gasteiger partial charge in [-0.1, -0.05) is 26.8 Å². The highest BCUT2D eigenvalue weighted by Crippen LogP contribution is 2.19. The van der Waals surface area contributed by atoms with Gasteiger partial charge in [0.25, 0.3) is 5.56 Å². The molecule has 2 aromatic rings. The van der Waals surface area contributed by atoms with Crippen molar-refractivity contribution in [2.45, 2.75) is 26.2 Å². The van der Waals surface area contributed by atoms with Crippen LogP contribution < -0.4 is 5.56 Å². The lowest BCUT2D eigenvalue weighted by molar-refractivity contribution is 0.559. The smallest absolute Gasteiger partial charge is 0.271 e. The Bertz CT molecular complexity index is 590. The SMILES string of the molecule is CC(C)(C)c1cc(=O)n(-c2cccc(F)c2)[nH]1. The van der Waals surface area contributed by atoms with E-state index in [0.717, 1.165) is 5.69 Å². The van der Waals surface area contributed by atoms with Gasteiger partial charge in [-0.3, -0.25) is 9.89 Å². The molecule has 0 radical (unpaired) electrons. The molecule has 1 aromatic heterocycles. The van der Waals surface area contributed by atoms with E-state index in [0.29, 0.717) is 5.69 Å². The van der Waals surface area contributed by atoms with E-state index < -0.39 is 0 Å². The molecule has 0 unspecified atom stereocenters. The molecule has 0 spiro atoms. The second-order valence-electron chi connectivity index (χ2n) is 5.07. The Kier molecular flexibility index (Phi) is 2.65. The molecule has 90 valence electrons. The number of aromatic amines is 1. The molecule has 1 aromatic carbocycles. The highest BCUT2D eigenvalue weighted by atomic mass is 19.1. The number of hydrogen-bond donors (Lipinski definition) is 1. The second kappa shape index (κ2) is 3.87. The number of rotatable bonds is 1. The zero-order valence-corrected chi connectivity index (χ0v) is 10.1. The lowest BCUT2D eigenvalue weighted by Crippen LogP contribution is -2.14. The monoisotopic (exact) mass is 234 g/mol. The summed E-state index contributed by atoms with van der Waals surface area (Å²) in [5.41, 5.74) is 1.01. The Morgan fingerprint density at radius 3 is 2.47 bits per heavy atom. The Hall–Kier alpha value is -1.84. The molecule has 3 nitrogen and oxygen atoms in total. The molecule has 17 heavy (non-hydrogen) atoms. The van der Waals surface area contributed by atoms with Crippen molar-refractivity contribution in [1.29, 1.82) is 0 Å². The van der Waals surface area contributed by atoms with Gasteiger partial charge in [0.1, 0.15) is 5.82 Å². The first-order valence-electron chi connectivity index (χ1n) is 5.46. The van der Waals surface area contributed by atoms with E-state index in [1.165, 1.54) is 16.8 Å². The van der Waals surface area contributed by atoms with Gasteiger partial charge in [-0.05, 0) is 18.2 Å². The van der Waals surface area contributed by atoms with Crippen molar-refractivity contribution >= 4 is 0 Å². The molecule has 0 aliphatic rings. The third-order valence-electron chi connectivity index (χ3n) is 2.59. The fourth-order valence-corrected chi connectivity index (χ4v) is 1.59. The van der Waals surface area contributed by atoms with Crippen LogP contribution in [0.2, 0.25) is 0 Å². The third-order valence-corrected chi connectivity index (χ3v) is 2.59. The van der Waals surface area contributed by atoms with Crippen LogP contribution in [0.3, 0.4) is 0 Å². The summed E-state index contributed by atoms with van der Waals surface area (Å²) in [6.45, 7) is 6.02. The van der Waals surface area contributed by atoms with Crippen LogP contribution in [0.5, 0.6) is 0 Å². The molecule has 0 fully saturated rings. The largest absolute Gasteiger partial charge is 0.294 e. The van der Waals surface area contributed by atoms with Gasteiger partial charge in [0.2, 0.25) is 0 Å². The van der Waals surface area contributed by atoms with Gasteiger partial charge in [0.15, 0.2) is 0 Å². The van der Waals surface area contributed by atoms with Crippen LogP contribution in [0.25, 0.3) is 5.69 Å². The van der Waals surface area contributed by atoms with Crippen molar-refractivity contribution in [3.8, 4) is 5.69 Å². The first kappa shape index (κ1) is 11.6. The molecule has 0 saturated carbocycles. The van der Waals surface area contributed by atoms with E-state index in [4.69, 9.17) is 0 Å². The fourth-order valence-electron chi connectivity index (χ4n) is 1.59. The van der Waals surface area contributed by atoms with Crippen molar-refractivity contribution in [2.24, 2.45) is 0 Å². The molecular formula is C13H15FN2O. The van der Waals surface area contributed by atoms with Gasteiger partial charge in [-0.15, -0.1) is 0 Å². The Morgan fingerprint density at radius 2 is 1.94 bits per heavy atom. The van der Waals surface area contributed by atoms with Crippen LogP contribution in [0.1, 0.15) is 26.5 Å². The Labute approximate surface area is 98.9 Å². The third kappa shape index (κ3) is 2.30. The number of benzene rings is 1. The highest BCUT2D eigenvalue weighted by molar-refractivity contribution is 5.32. The second-order valence-corrected chi connectivity index (χ2v) is 5.07. The van der Waals surface area contributed by atoms with E-state index in [9.17, 15) is 9.18 Å². The molecule has 0 bridgehead atoms. The topological polar surface area (TPSA) is 37.8 Å². The van der Waals surface area contributed by atoms with Crippen molar-refractivity contribution in [2.75, 3.05) is 0 Å². The summed E-state index contributed by atoms with van der Waals surface area (Å²) in [7, 11) is 0. The number of nitrogens with one attached hydrogen (secondary N) is 1. The van der Waals surface area contributed by atoms with Crippen molar-refractivity contribution in [1.82, 2.24) is 9.78 Å². The molecule has 0 amide bonds. The van der Waals surface area contributed by atoms with Crippen LogP contribution >= 0.6 is 0 Å². The van der Waals surface area contributed by atoms with Crippen molar-refractivity contribution in [3.05, 3.63) is 52.2 Å². The average Bonchev–Trinajstić information content (AvgIpc) is 2.60. The maximum absolute atomic E-state index is 13.1. The number of H-pyrrole nitrogens is 1. The summed E-state index contributed by atoms with van der Waals surface area (Å²) in [5, 5.41) is 3.00. The molecule has 0 saturated heterocycles. The molecule has 0 atom stereocenters. The van der Waals surface area contributed by atoms with Crippen LogP contribution in [0.4, 0.5) is 4.39 Å². The van der Waals surface area contributed by atoms with Gasteiger partial charge in [-0.2, -0.15) is 0 Å². The molecule has 1 N–H and O–H groups in total. The van der Waals surface area contributed by atoms with Crippen LogP contribution in [0, 0.1) is 5.82 Å². The van der Waals surface area contributed by atoms with E-state index in [-0.39, 0.29) is 16.8 Å². The minimum atomic E-state index is -0.360. The summed E-state index contributed by atoms with van der Waals surface area (Å²) in [5.74, 6) is -0.360. The first-order valence-corrected chi connectivity index (χ1v) is 5.46. The molecular weight excluding hydrogens is 219 g/mol. The van der Waals surface area contributed by atoms with Gasteiger partial charge in [-0.25, -0.2) is 9.07 Å². The van der Waals surface area contributed by atoms with Crippen LogP contribution in [-0.4, -0.2) is 9.78 Å². The number of halogens is 1. The number of aromatic nitrogens is 2. The van der Waals surface area contributed by atoms with Crippen molar-refractivity contribution < 1.29 is 4.39 Å². The van der Waals surface area contributed by atoms with Gasteiger partial charge >= 0.3 is 0 Å². The number of hydrogen-bond acceptors (Lipinski definition) is 1. The molecule has 0 aliphatic carbocycles. The Morgan fingerprint density at radius 1 is 1.24 bits per heavy atom. The fraction of sp³-hybridized carbons (Fsp3) is 0.308. The van der Waals surface area contributed by atoms with Crippen molar-refractivity contribution in [3.63, 3.8) is 0 Å². The van der Waals surface area contributed by atoms with E-state index in [1.807, 2.05) is 20.8 Å². The van der Waals surface area contributed by atoms with E-state index in [2.05, 4.69) is 5.10 Å². The van der Waals surface area contributed by atoms with Gasteiger partial charge in [0, 0.05) is 17.2 Å². The quantitative estimate of drug-likeness (QED) is 0.809. The summed E-state index contributed by atoms with van der Waals surface area (Å²) < 4.78 is 14.4. The predicted octanol–water partition coefficient (Wildman–Crippen LogP) is 2.60. The maximum atomic E-state index is 13.1. The standard InChI is InChI=1S/C13H15FN2O/c1-13(2,3)11-8-12(17)16(15-11)10-6-4-5-9(14)7-10/h4-8,15H,1-3H3. The molecule has 0 aliphatic heterocycles. The maximum Gasteiger partial charge on any atom is 0.271 e. The summed E-state index contributed by atoms with van der Waals surface area (Å²) in [6.07, 6.45) is 0. The highest BCUT2D eigenvalue weighted by Gasteiger charge is 2.18. The molecule has 2 rings (SSSR count). The first-order chi connectivity index (χ1) is 7.88.